The Labute approximate surface area is 400 Å². The number of nitrogens with zero attached hydrogens (tertiary/aromatic N) is 3. The van der Waals surface area contributed by atoms with Gasteiger partial charge in [-0.2, -0.15) is 0 Å². The number of para-hydroxylation sites is 7. The fourth-order valence-corrected chi connectivity index (χ4v) is 14.1. The summed E-state index contributed by atoms with van der Waals surface area (Å²) in [6.07, 6.45) is 0. The number of benzene rings is 10. The molecule has 0 spiro atoms. The van der Waals surface area contributed by atoms with Crippen molar-refractivity contribution in [2.75, 3.05) is 14.7 Å². The average Bonchev–Trinajstić information content (AvgIpc) is 3.77. The second-order valence-electron chi connectivity index (χ2n) is 17.9. The third kappa shape index (κ3) is 5.47. The molecule has 5 heterocycles. The number of ether oxygens (including phenoxy) is 1. The Morgan fingerprint density at radius 1 is 0.397 bits per heavy atom. The van der Waals surface area contributed by atoms with Crippen molar-refractivity contribution in [1.82, 2.24) is 0 Å². The van der Waals surface area contributed by atoms with E-state index in [2.05, 4.69) is 239 Å². The first kappa shape index (κ1) is 38.0. The van der Waals surface area contributed by atoms with Gasteiger partial charge in [-0.15, -0.1) is 0 Å². The zero-order valence-corrected chi connectivity index (χ0v) is 38.3. The predicted octanol–water partition coefficient (Wildman–Crippen LogP) is 9.73. The monoisotopic (exact) mass is 933 g/mol. The van der Waals surface area contributed by atoms with Gasteiger partial charge in [-0.3, -0.25) is 0 Å². The van der Waals surface area contributed by atoms with Crippen LogP contribution in [0.2, 0.25) is 0 Å². The van der Waals surface area contributed by atoms with Gasteiger partial charge in [-0.05, 0) is 0 Å². The van der Waals surface area contributed by atoms with Crippen LogP contribution in [0, 0.1) is 0 Å². The molecule has 0 fully saturated rings. The van der Waals surface area contributed by atoms with Crippen molar-refractivity contribution in [3.05, 3.63) is 224 Å². The number of hydrogen-bond donors (Lipinski definition) is 0. The summed E-state index contributed by atoms with van der Waals surface area (Å²) in [5, 5.41) is 2.31. The maximum absolute atomic E-state index is 7.43. The van der Waals surface area contributed by atoms with Crippen LogP contribution in [0.15, 0.2) is 229 Å². The third-order valence-corrected chi connectivity index (χ3v) is 16.7. The third-order valence-electron chi connectivity index (χ3n) is 14.3. The summed E-state index contributed by atoms with van der Waals surface area (Å²) in [4.78, 5) is 7.29. The molecule has 8 heteroatoms. The van der Waals surface area contributed by atoms with Gasteiger partial charge in [-0.25, -0.2) is 0 Å². The first-order valence-corrected chi connectivity index (χ1v) is 24.9. The summed E-state index contributed by atoms with van der Waals surface area (Å²) >= 11 is -0.0601. The molecule has 0 aliphatic carbocycles. The molecule has 0 bridgehead atoms. The van der Waals surface area contributed by atoms with Crippen LogP contribution in [0.25, 0.3) is 21.9 Å². The van der Waals surface area contributed by atoms with Gasteiger partial charge in [0.2, 0.25) is 0 Å². The Bertz CT molecular complexity index is 3810. The Hall–Kier alpha value is -8.15. The standard InChI is InChI=1S/C60H37B2N3O2Se/c1-5-19-38(20-6-1)63(39-21-7-2-8-22-39)42-33-50-58-54(34-42)67-52-36-55-47(35-46(52)61(58)44-28-14-16-30-48(44)64(50)40-23-9-3-10-24-40)62-45-29-15-17-31-49(45)65(41-25-11-4-12-26-41)60-57-43-27-13-18-32-51(43)66-53(57)37-56(68-55)59(60)62/h1-37H. The summed E-state index contributed by atoms with van der Waals surface area (Å²) < 4.78 is 16.9. The summed E-state index contributed by atoms with van der Waals surface area (Å²) in [7, 11) is 0. The van der Waals surface area contributed by atoms with Gasteiger partial charge in [0.1, 0.15) is 0 Å². The van der Waals surface area contributed by atoms with Crippen molar-refractivity contribution >= 4 is 143 Å². The molecule has 0 saturated carbocycles. The number of anilines is 9. The van der Waals surface area contributed by atoms with E-state index in [1.807, 2.05) is 0 Å². The fourth-order valence-electron chi connectivity index (χ4n) is 11.6. The first-order chi connectivity index (χ1) is 33.7. The van der Waals surface area contributed by atoms with E-state index in [4.69, 9.17) is 9.15 Å². The molecule has 0 saturated heterocycles. The summed E-state index contributed by atoms with van der Waals surface area (Å²) in [5.41, 5.74) is 19.6. The van der Waals surface area contributed by atoms with Crippen LogP contribution in [0.1, 0.15) is 0 Å². The van der Waals surface area contributed by atoms with E-state index >= 15 is 0 Å². The number of fused-ring (bicyclic) bond motifs is 12. The molecule has 4 aliphatic rings. The van der Waals surface area contributed by atoms with Crippen LogP contribution in [0.3, 0.4) is 0 Å². The minimum atomic E-state index is -0.0746. The van der Waals surface area contributed by atoms with Gasteiger partial charge >= 0.3 is 403 Å². The molecule has 0 unspecified atom stereocenters. The van der Waals surface area contributed by atoms with Gasteiger partial charge in [0.05, 0.1) is 0 Å². The summed E-state index contributed by atoms with van der Waals surface area (Å²) in [6, 6.07) is 81.5. The van der Waals surface area contributed by atoms with E-state index in [-0.39, 0.29) is 28.4 Å². The SMILES string of the molecule is c1ccc(N(c2ccccc2)c2cc3c4c(c2)N(c2ccccc2)c2ccccc2B4c2cc4c(cc2O3)[Se]c2cc3oc5ccccc5c3c3c2B4c2ccccc2N3c2ccccc2)cc1. The topological polar surface area (TPSA) is 32.1 Å². The Balaban J connectivity index is 0.991. The van der Waals surface area contributed by atoms with Crippen molar-refractivity contribution in [3.63, 3.8) is 0 Å². The molecular formula is C60H37B2N3O2Se. The Morgan fingerprint density at radius 2 is 0.971 bits per heavy atom. The Kier molecular flexibility index (Phi) is 8.20. The molecule has 0 N–H and O–H groups in total. The van der Waals surface area contributed by atoms with Crippen molar-refractivity contribution < 1.29 is 9.15 Å². The van der Waals surface area contributed by atoms with Crippen molar-refractivity contribution in [2.24, 2.45) is 0 Å². The molecule has 5 nitrogen and oxygen atoms in total. The molecule has 0 radical (unpaired) electrons. The van der Waals surface area contributed by atoms with E-state index in [9.17, 15) is 0 Å². The van der Waals surface area contributed by atoms with Gasteiger partial charge in [0.15, 0.2) is 0 Å². The molecule has 10 aromatic carbocycles. The van der Waals surface area contributed by atoms with E-state index in [1.165, 1.54) is 64.1 Å². The number of furan rings is 1. The van der Waals surface area contributed by atoms with Crippen LogP contribution in [-0.2, 0) is 0 Å². The van der Waals surface area contributed by atoms with E-state index in [1.54, 1.807) is 0 Å². The number of rotatable bonds is 5. The van der Waals surface area contributed by atoms with Crippen LogP contribution < -0.4 is 61.1 Å². The van der Waals surface area contributed by atoms with Crippen LogP contribution in [0.4, 0.5) is 51.2 Å². The van der Waals surface area contributed by atoms with E-state index in [0.717, 1.165) is 62.2 Å². The molecule has 0 amide bonds. The number of hydrogen-bond acceptors (Lipinski definition) is 5. The zero-order valence-electron chi connectivity index (χ0n) is 36.6. The maximum atomic E-state index is 7.43. The van der Waals surface area contributed by atoms with Gasteiger partial charge in [0, 0.05) is 0 Å². The second-order valence-corrected chi connectivity index (χ2v) is 20.2. The summed E-state index contributed by atoms with van der Waals surface area (Å²) in [6.45, 7) is -0.0761. The zero-order chi connectivity index (χ0) is 44.5. The molecule has 1 aromatic heterocycles. The second kappa shape index (κ2) is 14.7. The molecular weight excluding hydrogens is 895 g/mol. The summed E-state index contributed by atoms with van der Waals surface area (Å²) in [5.74, 6) is 1.79. The molecule has 68 heavy (non-hydrogen) atoms. The van der Waals surface area contributed by atoms with Gasteiger partial charge in [0.25, 0.3) is 0 Å². The molecule has 15 rings (SSSR count). The van der Waals surface area contributed by atoms with Crippen molar-refractivity contribution in [3.8, 4) is 11.5 Å². The quantitative estimate of drug-likeness (QED) is 0.161. The molecule has 11 aromatic rings. The predicted molar refractivity (Wildman–Crippen MR) is 285 cm³/mol. The van der Waals surface area contributed by atoms with Crippen LogP contribution >= 0.6 is 0 Å². The fraction of sp³-hybridized carbons (Fsp3) is 0. The minimum absolute atomic E-state index is 0.00153. The normalized spacial score (nSPS) is 13.5. The molecule has 316 valence electrons. The van der Waals surface area contributed by atoms with E-state index < -0.39 is 0 Å². The van der Waals surface area contributed by atoms with E-state index in [0.29, 0.717) is 0 Å². The van der Waals surface area contributed by atoms with Crippen LogP contribution in [0.5, 0.6) is 11.5 Å². The first-order valence-electron chi connectivity index (χ1n) is 23.2. The Morgan fingerprint density at radius 3 is 1.66 bits per heavy atom. The van der Waals surface area contributed by atoms with Crippen LogP contribution in [-0.4, -0.2) is 28.4 Å². The van der Waals surface area contributed by atoms with Gasteiger partial charge < -0.3 is 0 Å². The molecule has 0 atom stereocenters. The van der Waals surface area contributed by atoms with Gasteiger partial charge in [-0.1, -0.05) is 0 Å². The molecule has 4 aliphatic heterocycles. The average molecular weight is 933 g/mol. The van der Waals surface area contributed by atoms with Crippen molar-refractivity contribution in [1.29, 1.82) is 0 Å². The van der Waals surface area contributed by atoms with Crippen molar-refractivity contribution in [2.45, 2.75) is 0 Å².